The molecule has 2 aromatic rings. The third-order valence-corrected chi connectivity index (χ3v) is 5.61. The minimum atomic E-state index is -5.57. The number of anilines is 2. The largest absolute Gasteiger partial charge is 0.400 e. The smallest absolute Gasteiger partial charge is 0.362 e. The number of amides is 2. The number of nitrogens with one attached hydrogen (secondary N) is 3. The fourth-order valence-electron chi connectivity index (χ4n) is 3.67. The number of nitrogens with zero attached hydrogens (tertiary/aromatic N) is 3. The highest BCUT2D eigenvalue weighted by atomic mass is 19.4. The minimum absolute atomic E-state index is 0.237. The summed E-state index contributed by atoms with van der Waals surface area (Å²) in [6.07, 6.45) is -11.7. The second kappa shape index (κ2) is 10.0. The lowest BCUT2D eigenvalue weighted by molar-refractivity contribution is -0.284. The van der Waals surface area contributed by atoms with E-state index in [9.17, 15) is 35.9 Å². The maximum Gasteiger partial charge on any atom is 0.400 e. The Bertz CT molecular complexity index is 1050. The minimum Gasteiger partial charge on any atom is -0.362 e. The molecular weight excluding hydrogens is 482 g/mol. The van der Waals surface area contributed by atoms with Crippen LogP contribution in [-0.4, -0.2) is 53.7 Å². The molecule has 0 radical (unpaired) electrons. The Morgan fingerprint density at radius 1 is 1.11 bits per heavy atom. The number of halogens is 6. The SMILES string of the molecule is CCn1nccc1C(=O)NCC1Nc2ccc(CNC(=O)CC(C(F)(F)F)C(F)(F)F)cc2N1C. The predicted molar refractivity (Wildman–Crippen MR) is 115 cm³/mol. The number of alkyl halides is 6. The molecule has 35 heavy (non-hydrogen) atoms. The first-order chi connectivity index (χ1) is 16.3. The lowest BCUT2D eigenvalue weighted by Crippen LogP contribution is -2.43. The number of carbonyl (C=O) groups is 2. The summed E-state index contributed by atoms with van der Waals surface area (Å²) in [6, 6.07) is 6.52. The van der Waals surface area contributed by atoms with E-state index in [1.54, 1.807) is 36.0 Å². The zero-order valence-corrected chi connectivity index (χ0v) is 18.8. The van der Waals surface area contributed by atoms with Crippen LogP contribution in [0, 0.1) is 5.92 Å². The van der Waals surface area contributed by atoms with Crippen LogP contribution in [0.1, 0.15) is 29.4 Å². The van der Waals surface area contributed by atoms with Gasteiger partial charge >= 0.3 is 12.4 Å². The van der Waals surface area contributed by atoms with Crippen molar-refractivity contribution in [2.45, 2.75) is 45.0 Å². The molecule has 1 atom stereocenters. The molecule has 8 nitrogen and oxygen atoms in total. The Balaban J connectivity index is 1.57. The second-order valence-corrected chi connectivity index (χ2v) is 7.98. The lowest BCUT2D eigenvalue weighted by Gasteiger charge is -2.23. The molecule has 14 heteroatoms. The summed E-state index contributed by atoms with van der Waals surface area (Å²) in [6.45, 7) is 2.39. The molecule has 0 saturated carbocycles. The molecule has 2 heterocycles. The number of carbonyl (C=O) groups excluding carboxylic acids is 2. The van der Waals surface area contributed by atoms with Gasteiger partial charge in [0.2, 0.25) is 5.91 Å². The molecule has 0 saturated heterocycles. The molecule has 0 aliphatic carbocycles. The van der Waals surface area contributed by atoms with E-state index in [1.807, 2.05) is 11.8 Å². The lowest BCUT2D eigenvalue weighted by atomic mass is 10.0. The first kappa shape index (κ1) is 26.2. The molecule has 1 aromatic carbocycles. The van der Waals surface area contributed by atoms with Crippen LogP contribution in [0.2, 0.25) is 0 Å². The third-order valence-electron chi connectivity index (χ3n) is 5.61. The van der Waals surface area contributed by atoms with Crippen LogP contribution in [0.15, 0.2) is 30.5 Å². The predicted octanol–water partition coefficient (Wildman–Crippen LogP) is 3.27. The fourth-order valence-corrected chi connectivity index (χ4v) is 3.67. The number of aromatic nitrogens is 2. The molecule has 192 valence electrons. The zero-order valence-electron chi connectivity index (χ0n) is 18.8. The number of fused-ring (bicyclic) bond motifs is 1. The van der Waals surface area contributed by atoms with Crippen molar-refractivity contribution >= 4 is 23.2 Å². The van der Waals surface area contributed by atoms with Gasteiger partial charge < -0.3 is 20.9 Å². The Morgan fingerprint density at radius 2 is 1.80 bits per heavy atom. The maximum absolute atomic E-state index is 12.7. The van der Waals surface area contributed by atoms with E-state index >= 15 is 0 Å². The van der Waals surface area contributed by atoms with Gasteiger partial charge in [0.15, 0.2) is 5.92 Å². The average Bonchev–Trinajstić information content (AvgIpc) is 3.37. The Kier molecular flexibility index (Phi) is 7.50. The summed E-state index contributed by atoms with van der Waals surface area (Å²) in [4.78, 5) is 26.0. The van der Waals surface area contributed by atoms with Crippen molar-refractivity contribution in [1.29, 1.82) is 0 Å². The molecule has 1 aliphatic rings. The highest BCUT2D eigenvalue weighted by Crippen LogP contribution is 2.41. The van der Waals surface area contributed by atoms with Crippen LogP contribution in [0.25, 0.3) is 0 Å². The molecule has 3 N–H and O–H groups in total. The van der Waals surface area contributed by atoms with Gasteiger partial charge in [-0.25, -0.2) is 0 Å². The van der Waals surface area contributed by atoms with Crippen molar-refractivity contribution in [2.24, 2.45) is 5.92 Å². The Hall–Kier alpha value is -3.45. The molecule has 1 aromatic heterocycles. The summed E-state index contributed by atoms with van der Waals surface area (Å²) in [5.74, 6) is -5.38. The monoisotopic (exact) mass is 506 g/mol. The summed E-state index contributed by atoms with van der Waals surface area (Å²) in [5, 5.41) is 12.2. The normalized spacial score (nSPS) is 15.7. The molecule has 3 rings (SSSR count). The van der Waals surface area contributed by atoms with Gasteiger partial charge in [0.05, 0.1) is 17.9 Å². The number of likely N-dealkylation sites (N-methyl/N-ethyl adjacent to an activating group) is 1. The molecule has 0 spiro atoms. The van der Waals surface area contributed by atoms with E-state index in [0.717, 1.165) is 5.69 Å². The first-order valence-corrected chi connectivity index (χ1v) is 10.6. The molecule has 2 amide bonds. The van der Waals surface area contributed by atoms with Crippen molar-refractivity contribution in [3.63, 3.8) is 0 Å². The van der Waals surface area contributed by atoms with Crippen LogP contribution in [0.3, 0.4) is 0 Å². The topological polar surface area (TPSA) is 91.3 Å². The van der Waals surface area contributed by atoms with E-state index in [-0.39, 0.29) is 25.2 Å². The van der Waals surface area contributed by atoms with Gasteiger partial charge in [0.1, 0.15) is 11.9 Å². The van der Waals surface area contributed by atoms with Gasteiger partial charge in [0.25, 0.3) is 5.91 Å². The average molecular weight is 506 g/mol. The van der Waals surface area contributed by atoms with Crippen LogP contribution in [-0.2, 0) is 17.9 Å². The van der Waals surface area contributed by atoms with E-state index in [2.05, 4.69) is 21.0 Å². The van der Waals surface area contributed by atoms with Gasteiger partial charge in [-0.05, 0) is 30.7 Å². The van der Waals surface area contributed by atoms with E-state index in [1.165, 1.54) is 6.20 Å². The van der Waals surface area contributed by atoms with Crippen LogP contribution >= 0.6 is 0 Å². The standard InChI is InChI=1S/C21H24F6N6O2/c1-3-33-14(6-7-30-33)19(35)29-11-17-31-13-5-4-12(8-15(13)32(17)2)10-28-18(34)9-16(20(22,23)24)21(25,26)27/h4-8,16-17,31H,3,9-11H2,1-2H3,(H,28,34)(H,29,35). The van der Waals surface area contributed by atoms with Crippen molar-refractivity contribution in [2.75, 3.05) is 23.8 Å². The summed E-state index contributed by atoms with van der Waals surface area (Å²) in [5.41, 5.74) is 2.31. The van der Waals surface area contributed by atoms with Gasteiger partial charge in [-0.1, -0.05) is 6.07 Å². The molecule has 1 aliphatic heterocycles. The summed E-state index contributed by atoms with van der Waals surface area (Å²) in [7, 11) is 1.76. The Morgan fingerprint density at radius 3 is 2.43 bits per heavy atom. The van der Waals surface area contributed by atoms with Gasteiger partial charge in [-0.3, -0.25) is 14.3 Å². The molecule has 0 fully saturated rings. The maximum atomic E-state index is 12.7. The second-order valence-electron chi connectivity index (χ2n) is 7.98. The van der Waals surface area contributed by atoms with Gasteiger partial charge in [0, 0.05) is 32.8 Å². The molecular formula is C21H24F6N6O2. The van der Waals surface area contributed by atoms with Crippen LogP contribution in [0.5, 0.6) is 0 Å². The van der Waals surface area contributed by atoms with Crippen LogP contribution < -0.4 is 20.9 Å². The number of hydrogen-bond acceptors (Lipinski definition) is 5. The highest BCUT2D eigenvalue weighted by molar-refractivity contribution is 5.92. The number of benzene rings is 1. The summed E-state index contributed by atoms with van der Waals surface area (Å²) < 4.78 is 77.5. The van der Waals surface area contributed by atoms with E-state index in [0.29, 0.717) is 23.5 Å². The van der Waals surface area contributed by atoms with Gasteiger partial charge in [-0.2, -0.15) is 31.4 Å². The van der Waals surface area contributed by atoms with Crippen molar-refractivity contribution < 1.29 is 35.9 Å². The Labute approximate surface area is 196 Å². The number of rotatable bonds is 8. The van der Waals surface area contributed by atoms with Crippen LogP contribution in [0.4, 0.5) is 37.7 Å². The van der Waals surface area contributed by atoms with Crippen molar-refractivity contribution in [1.82, 2.24) is 20.4 Å². The quantitative estimate of drug-likeness (QED) is 0.479. The molecule has 1 unspecified atom stereocenters. The van der Waals surface area contributed by atoms with Gasteiger partial charge in [-0.15, -0.1) is 0 Å². The van der Waals surface area contributed by atoms with E-state index in [4.69, 9.17) is 0 Å². The fraction of sp³-hybridized carbons (Fsp3) is 0.476. The first-order valence-electron chi connectivity index (χ1n) is 10.6. The van der Waals surface area contributed by atoms with Crippen molar-refractivity contribution in [3.05, 3.63) is 41.7 Å². The third kappa shape index (κ3) is 6.17. The van der Waals surface area contributed by atoms with E-state index < -0.39 is 30.6 Å². The number of hydrogen-bond donors (Lipinski definition) is 3. The summed E-state index contributed by atoms with van der Waals surface area (Å²) >= 11 is 0. The zero-order chi connectivity index (χ0) is 26.0. The highest BCUT2D eigenvalue weighted by Gasteiger charge is 2.57. The molecule has 0 bridgehead atoms. The van der Waals surface area contributed by atoms with Crippen molar-refractivity contribution in [3.8, 4) is 0 Å². The number of aryl methyl sites for hydroxylation is 1.